The van der Waals surface area contributed by atoms with Crippen LogP contribution in [0.5, 0.6) is 0 Å². The van der Waals surface area contributed by atoms with Crippen LogP contribution in [-0.2, 0) is 21.6 Å². The first-order valence-electron chi connectivity index (χ1n) is 5.12. The van der Waals surface area contributed by atoms with Gasteiger partial charge in [-0.05, 0) is 30.0 Å². The van der Waals surface area contributed by atoms with Crippen molar-refractivity contribution in [1.82, 2.24) is 0 Å². The van der Waals surface area contributed by atoms with Crippen molar-refractivity contribution in [2.45, 2.75) is 24.9 Å². The van der Waals surface area contributed by atoms with Crippen molar-refractivity contribution in [3.8, 4) is 0 Å². The lowest BCUT2D eigenvalue weighted by Crippen LogP contribution is -2.22. The third kappa shape index (κ3) is 1.76. The molecule has 1 saturated carbocycles. The number of methoxy groups -OCH3 is 1. The Hall–Kier alpha value is -0.870. The van der Waals surface area contributed by atoms with E-state index in [1.165, 1.54) is 0 Å². The Morgan fingerprint density at radius 2 is 2.25 bits per heavy atom. The highest BCUT2D eigenvalue weighted by atomic mass is 79.9. The molecule has 1 fully saturated rings. The summed E-state index contributed by atoms with van der Waals surface area (Å²) in [7, 11) is 1.62. The molecule has 3 nitrogen and oxygen atoms in total. The van der Waals surface area contributed by atoms with Crippen LogP contribution in [0.15, 0.2) is 22.7 Å². The first-order chi connectivity index (χ1) is 7.62. The molecule has 1 aromatic rings. The van der Waals surface area contributed by atoms with E-state index >= 15 is 0 Å². The summed E-state index contributed by atoms with van der Waals surface area (Å²) in [4.78, 5) is 11.3. The largest absolute Gasteiger partial charge is 0.481 e. The Balaban J connectivity index is 2.50. The fourth-order valence-electron chi connectivity index (χ4n) is 2.08. The number of carboxylic acid groups (broad SMARTS) is 1. The number of rotatable bonds is 4. The minimum atomic E-state index is -0.739. The highest BCUT2D eigenvalue weighted by Gasteiger charge is 2.53. The van der Waals surface area contributed by atoms with Gasteiger partial charge in [-0.1, -0.05) is 28.1 Å². The SMILES string of the molecule is COCc1cccc(Br)c1C1(C(=O)O)CC1. The summed E-state index contributed by atoms with van der Waals surface area (Å²) in [5.41, 5.74) is 1.15. The zero-order chi connectivity index (χ0) is 11.8. The van der Waals surface area contributed by atoms with Gasteiger partial charge in [0, 0.05) is 11.6 Å². The van der Waals surface area contributed by atoms with Crippen LogP contribution in [-0.4, -0.2) is 18.2 Å². The van der Waals surface area contributed by atoms with Crippen molar-refractivity contribution in [2.75, 3.05) is 7.11 Å². The standard InChI is InChI=1S/C12H13BrO3/c1-16-7-8-3-2-4-9(13)10(8)12(5-6-12)11(14)15/h2-4H,5-7H2,1H3,(H,14,15). The van der Waals surface area contributed by atoms with Gasteiger partial charge in [-0.15, -0.1) is 0 Å². The number of carbonyl (C=O) groups is 1. The summed E-state index contributed by atoms with van der Waals surface area (Å²) in [5.74, 6) is -0.739. The molecule has 16 heavy (non-hydrogen) atoms. The molecular weight excluding hydrogens is 272 g/mol. The lowest BCUT2D eigenvalue weighted by Gasteiger charge is -2.17. The van der Waals surface area contributed by atoms with Gasteiger partial charge in [0.05, 0.1) is 12.0 Å². The molecule has 0 aliphatic heterocycles. The second-order valence-electron chi connectivity index (χ2n) is 4.09. The molecule has 1 N–H and O–H groups in total. The fraction of sp³-hybridized carbons (Fsp3) is 0.417. The number of halogens is 1. The second kappa shape index (κ2) is 4.18. The number of carboxylic acids is 1. The molecule has 0 saturated heterocycles. The molecule has 4 heteroatoms. The molecule has 0 aromatic heterocycles. The van der Waals surface area contributed by atoms with E-state index < -0.39 is 11.4 Å². The van der Waals surface area contributed by atoms with Crippen molar-refractivity contribution in [1.29, 1.82) is 0 Å². The average molecular weight is 285 g/mol. The molecule has 0 spiro atoms. The van der Waals surface area contributed by atoms with Crippen molar-refractivity contribution in [2.24, 2.45) is 0 Å². The lowest BCUT2D eigenvalue weighted by atomic mass is 9.91. The third-order valence-electron chi connectivity index (χ3n) is 3.04. The van der Waals surface area contributed by atoms with Gasteiger partial charge in [-0.3, -0.25) is 4.79 Å². The van der Waals surface area contributed by atoms with Crippen molar-refractivity contribution < 1.29 is 14.6 Å². The number of benzene rings is 1. The first-order valence-corrected chi connectivity index (χ1v) is 5.91. The van der Waals surface area contributed by atoms with Gasteiger partial charge in [0.1, 0.15) is 0 Å². The highest BCUT2D eigenvalue weighted by molar-refractivity contribution is 9.10. The van der Waals surface area contributed by atoms with Gasteiger partial charge in [0.25, 0.3) is 0 Å². The predicted molar refractivity (Wildman–Crippen MR) is 63.4 cm³/mol. The van der Waals surface area contributed by atoms with Gasteiger partial charge in [0.15, 0.2) is 0 Å². The molecule has 1 aliphatic rings. The molecule has 0 heterocycles. The van der Waals surface area contributed by atoms with Crippen LogP contribution in [0.2, 0.25) is 0 Å². The average Bonchev–Trinajstić information content (AvgIpc) is 2.99. The van der Waals surface area contributed by atoms with Gasteiger partial charge in [-0.2, -0.15) is 0 Å². The molecule has 0 unspecified atom stereocenters. The summed E-state index contributed by atoms with van der Waals surface area (Å²) >= 11 is 3.44. The molecule has 0 radical (unpaired) electrons. The number of hydrogen-bond donors (Lipinski definition) is 1. The Kier molecular flexibility index (Phi) is 3.04. The van der Waals surface area contributed by atoms with Crippen LogP contribution in [0.1, 0.15) is 24.0 Å². The number of hydrogen-bond acceptors (Lipinski definition) is 2. The Labute approximate surface area is 103 Å². The normalized spacial score (nSPS) is 17.1. The van der Waals surface area contributed by atoms with E-state index in [2.05, 4.69) is 15.9 Å². The lowest BCUT2D eigenvalue weighted by molar-refractivity contribution is -0.140. The van der Waals surface area contributed by atoms with Crippen LogP contribution in [0.4, 0.5) is 0 Å². The van der Waals surface area contributed by atoms with Crippen molar-refractivity contribution in [3.63, 3.8) is 0 Å². The quantitative estimate of drug-likeness (QED) is 0.925. The third-order valence-corrected chi connectivity index (χ3v) is 3.70. The number of ether oxygens (including phenoxy) is 1. The zero-order valence-corrected chi connectivity index (χ0v) is 10.6. The molecule has 86 valence electrons. The van der Waals surface area contributed by atoms with Gasteiger partial charge in [-0.25, -0.2) is 0 Å². The van der Waals surface area contributed by atoms with Gasteiger partial charge >= 0.3 is 5.97 Å². The van der Waals surface area contributed by atoms with Crippen molar-refractivity contribution >= 4 is 21.9 Å². The smallest absolute Gasteiger partial charge is 0.314 e. The summed E-state index contributed by atoms with van der Waals surface area (Å²) in [6, 6.07) is 5.71. The highest BCUT2D eigenvalue weighted by Crippen LogP contribution is 2.52. The van der Waals surface area contributed by atoms with E-state index in [9.17, 15) is 9.90 Å². The van der Waals surface area contributed by atoms with Crippen LogP contribution >= 0.6 is 15.9 Å². The molecule has 0 bridgehead atoms. The van der Waals surface area contributed by atoms with E-state index in [4.69, 9.17) is 4.74 Å². The second-order valence-corrected chi connectivity index (χ2v) is 4.95. The van der Waals surface area contributed by atoms with Crippen LogP contribution < -0.4 is 0 Å². The molecular formula is C12H13BrO3. The minimum Gasteiger partial charge on any atom is -0.481 e. The monoisotopic (exact) mass is 284 g/mol. The zero-order valence-electron chi connectivity index (χ0n) is 9.00. The van der Waals surface area contributed by atoms with Crippen molar-refractivity contribution in [3.05, 3.63) is 33.8 Å². The summed E-state index contributed by atoms with van der Waals surface area (Å²) < 4.78 is 5.98. The van der Waals surface area contributed by atoms with E-state index in [-0.39, 0.29) is 0 Å². The van der Waals surface area contributed by atoms with E-state index in [0.717, 1.165) is 15.6 Å². The Morgan fingerprint density at radius 1 is 1.56 bits per heavy atom. The maximum atomic E-state index is 11.3. The van der Waals surface area contributed by atoms with E-state index in [0.29, 0.717) is 19.4 Å². The Bertz CT molecular complexity index is 424. The maximum absolute atomic E-state index is 11.3. The van der Waals surface area contributed by atoms with Gasteiger partial charge < -0.3 is 9.84 Å². The van der Waals surface area contributed by atoms with E-state index in [1.54, 1.807) is 7.11 Å². The minimum absolute atomic E-state index is 0.448. The Morgan fingerprint density at radius 3 is 2.75 bits per heavy atom. The molecule has 0 atom stereocenters. The predicted octanol–water partition coefficient (Wildman–Crippen LogP) is 2.71. The molecule has 0 amide bonds. The van der Waals surface area contributed by atoms with Crippen LogP contribution in [0.3, 0.4) is 0 Å². The molecule has 1 aliphatic carbocycles. The molecule has 1 aromatic carbocycles. The summed E-state index contributed by atoms with van der Waals surface area (Å²) in [5, 5.41) is 9.31. The summed E-state index contributed by atoms with van der Waals surface area (Å²) in [6.07, 6.45) is 1.42. The first kappa shape index (κ1) is 11.6. The van der Waals surface area contributed by atoms with Gasteiger partial charge in [0.2, 0.25) is 0 Å². The maximum Gasteiger partial charge on any atom is 0.314 e. The number of aliphatic carboxylic acids is 1. The van der Waals surface area contributed by atoms with Crippen LogP contribution in [0, 0.1) is 0 Å². The molecule has 2 rings (SSSR count). The topological polar surface area (TPSA) is 46.5 Å². The summed E-state index contributed by atoms with van der Waals surface area (Å²) in [6.45, 7) is 0.448. The fourth-order valence-corrected chi connectivity index (χ4v) is 2.86. The van der Waals surface area contributed by atoms with Crippen LogP contribution in [0.25, 0.3) is 0 Å². The van der Waals surface area contributed by atoms with E-state index in [1.807, 2.05) is 18.2 Å².